The number of aromatic nitrogens is 1. The Labute approximate surface area is 102 Å². The lowest BCUT2D eigenvalue weighted by atomic mass is 10.3. The molecular formula is C11H11N3O2S. The summed E-state index contributed by atoms with van der Waals surface area (Å²) in [5.74, 6) is -0.262. The normalized spacial score (nSPS) is 10.2. The molecule has 0 bridgehead atoms. The zero-order valence-electron chi connectivity index (χ0n) is 9.40. The fourth-order valence-corrected chi connectivity index (χ4v) is 2.36. The number of nitrogens with one attached hydrogen (secondary N) is 2. The van der Waals surface area contributed by atoms with Crippen LogP contribution in [-0.2, 0) is 9.59 Å². The van der Waals surface area contributed by atoms with E-state index in [-0.39, 0.29) is 11.8 Å². The van der Waals surface area contributed by atoms with E-state index >= 15 is 0 Å². The standard InChI is InChI=1S/C11H11N3O2S/c1-6(15)12-8-3-4-9-10(5-8)17-11(14-9)13-7(2)16/h3-5H,1-2H3,(H,12,15)(H,13,14,16). The fraction of sp³-hybridized carbons (Fsp3) is 0.182. The second-order valence-electron chi connectivity index (χ2n) is 3.56. The highest BCUT2D eigenvalue weighted by atomic mass is 32.1. The first-order valence-electron chi connectivity index (χ1n) is 5.00. The minimum Gasteiger partial charge on any atom is -0.326 e. The molecule has 0 fully saturated rings. The summed E-state index contributed by atoms with van der Waals surface area (Å²) in [6.45, 7) is 2.90. The van der Waals surface area contributed by atoms with Crippen molar-refractivity contribution in [1.82, 2.24) is 4.98 Å². The molecule has 0 spiro atoms. The highest BCUT2D eigenvalue weighted by Crippen LogP contribution is 2.28. The van der Waals surface area contributed by atoms with Crippen LogP contribution < -0.4 is 10.6 Å². The van der Waals surface area contributed by atoms with Crippen molar-refractivity contribution in [2.75, 3.05) is 10.6 Å². The van der Waals surface area contributed by atoms with Gasteiger partial charge in [0.05, 0.1) is 10.2 Å². The number of hydrogen-bond donors (Lipinski definition) is 2. The third-order valence-corrected chi connectivity index (χ3v) is 2.93. The van der Waals surface area contributed by atoms with Gasteiger partial charge in [0.2, 0.25) is 11.8 Å². The molecule has 2 rings (SSSR count). The molecule has 0 radical (unpaired) electrons. The lowest BCUT2D eigenvalue weighted by molar-refractivity contribution is -0.115. The highest BCUT2D eigenvalue weighted by molar-refractivity contribution is 7.22. The molecule has 2 amide bonds. The molecule has 0 atom stereocenters. The van der Waals surface area contributed by atoms with Crippen LogP contribution in [0.2, 0.25) is 0 Å². The zero-order valence-corrected chi connectivity index (χ0v) is 10.2. The molecule has 0 unspecified atom stereocenters. The maximum atomic E-state index is 10.9. The molecule has 0 aliphatic rings. The lowest BCUT2D eigenvalue weighted by Crippen LogP contribution is -2.05. The third-order valence-electron chi connectivity index (χ3n) is 1.99. The Morgan fingerprint density at radius 1 is 1.18 bits per heavy atom. The van der Waals surface area contributed by atoms with Gasteiger partial charge in [-0.15, -0.1) is 0 Å². The van der Waals surface area contributed by atoms with E-state index in [1.165, 1.54) is 25.2 Å². The summed E-state index contributed by atoms with van der Waals surface area (Å²) in [5, 5.41) is 5.90. The number of carbonyl (C=O) groups is 2. The summed E-state index contributed by atoms with van der Waals surface area (Å²) in [6, 6.07) is 5.42. The molecule has 0 saturated carbocycles. The van der Waals surface area contributed by atoms with Gasteiger partial charge in [0.25, 0.3) is 0 Å². The summed E-state index contributed by atoms with van der Waals surface area (Å²) >= 11 is 1.37. The van der Waals surface area contributed by atoms with Gasteiger partial charge in [-0.1, -0.05) is 11.3 Å². The first kappa shape index (κ1) is 11.5. The Morgan fingerprint density at radius 2 is 1.88 bits per heavy atom. The van der Waals surface area contributed by atoms with Gasteiger partial charge < -0.3 is 10.6 Å². The molecule has 1 aromatic heterocycles. The van der Waals surface area contributed by atoms with Crippen LogP contribution >= 0.6 is 11.3 Å². The molecule has 2 N–H and O–H groups in total. The minimum absolute atomic E-state index is 0.115. The molecule has 1 aromatic carbocycles. The van der Waals surface area contributed by atoms with Crippen LogP contribution in [0.3, 0.4) is 0 Å². The summed E-state index contributed by atoms with van der Waals surface area (Å²) in [7, 11) is 0. The molecule has 88 valence electrons. The van der Waals surface area contributed by atoms with Crippen molar-refractivity contribution in [2.24, 2.45) is 0 Å². The van der Waals surface area contributed by atoms with Gasteiger partial charge in [0.1, 0.15) is 0 Å². The van der Waals surface area contributed by atoms with Crippen molar-refractivity contribution < 1.29 is 9.59 Å². The SMILES string of the molecule is CC(=O)Nc1ccc2nc(NC(C)=O)sc2c1. The van der Waals surface area contributed by atoms with Crippen molar-refractivity contribution >= 4 is 44.2 Å². The van der Waals surface area contributed by atoms with Crippen molar-refractivity contribution in [2.45, 2.75) is 13.8 Å². The number of anilines is 2. The highest BCUT2D eigenvalue weighted by Gasteiger charge is 2.06. The predicted octanol–water partition coefficient (Wildman–Crippen LogP) is 2.21. The summed E-state index contributed by atoms with van der Waals surface area (Å²) in [5.41, 5.74) is 1.52. The van der Waals surface area contributed by atoms with E-state index in [1.807, 2.05) is 12.1 Å². The van der Waals surface area contributed by atoms with Gasteiger partial charge >= 0.3 is 0 Å². The first-order valence-corrected chi connectivity index (χ1v) is 5.82. The Bertz CT molecular complexity index is 577. The van der Waals surface area contributed by atoms with Gasteiger partial charge in [-0.2, -0.15) is 0 Å². The van der Waals surface area contributed by atoms with Gasteiger partial charge in [-0.05, 0) is 18.2 Å². The second kappa shape index (κ2) is 4.50. The van der Waals surface area contributed by atoms with Gasteiger partial charge in [-0.25, -0.2) is 4.98 Å². The molecule has 6 heteroatoms. The second-order valence-corrected chi connectivity index (χ2v) is 4.59. The minimum atomic E-state index is -0.147. The van der Waals surface area contributed by atoms with Crippen molar-refractivity contribution in [1.29, 1.82) is 0 Å². The lowest BCUT2D eigenvalue weighted by Gasteiger charge is -1.99. The number of thiazole rings is 1. The van der Waals surface area contributed by atoms with Crippen LogP contribution in [0.25, 0.3) is 10.2 Å². The summed E-state index contributed by atoms with van der Waals surface area (Å²) in [6.07, 6.45) is 0. The van der Waals surface area contributed by atoms with Crippen LogP contribution in [-0.4, -0.2) is 16.8 Å². The molecule has 17 heavy (non-hydrogen) atoms. The maximum Gasteiger partial charge on any atom is 0.223 e. The van der Waals surface area contributed by atoms with E-state index < -0.39 is 0 Å². The van der Waals surface area contributed by atoms with Crippen LogP contribution in [0.4, 0.5) is 10.8 Å². The number of nitrogens with zero attached hydrogens (tertiary/aromatic N) is 1. The first-order chi connectivity index (χ1) is 8.04. The molecular weight excluding hydrogens is 238 g/mol. The Hall–Kier alpha value is -1.95. The summed E-state index contributed by atoms with van der Waals surface area (Å²) < 4.78 is 0.917. The number of rotatable bonds is 2. The van der Waals surface area contributed by atoms with Crippen LogP contribution in [0.15, 0.2) is 18.2 Å². The number of benzene rings is 1. The molecule has 0 aliphatic heterocycles. The van der Waals surface area contributed by atoms with Crippen molar-refractivity contribution in [3.05, 3.63) is 18.2 Å². The van der Waals surface area contributed by atoms with E-state index in [1.54, 1.807) is 6.07 Å². The average molecular weight is 249 g/mol. The molecule has 5 nitrogen and oxygen atoms in total. The Kier molecular flexibility index (Phi) is 3.06. The molecule has 2 aromatic rings. The van der Waals surface area contributed by atoms with E-state index in [9.17, 15) is 9.59 Å². The molecule has 0 aliphatic carbocycles. The average Bonchev–Trinajstić information content (AvgIpc) is 2.56. The Balaban J connectivity index is 2.33. The summed E-state index contributed by atoms with van der Waals surface area (Å²) in [4.78, 5) is 26.1. The quantitative estimate of drug-likeness (QED) is 0.857. The van der Waals surface area contributed by atoms with Crippen molar-refractivity contribution in [3.63, 3.8) is 0 Å². The van der Waals surface area contributed by atoms with Gasteiger partial charge in [0.15, 0.2) is 5.13 Å². The van der Waals surface area contributed by atoms with Crippen LogP contribution in [0.1, 0.15) is 13.8 Å². The van der Waals surface area contributed by atoms with Gasteiger partial charge in [-0.3, -0.25) is 9.59 Å². The number of carbonyl (C=O) groups excluding carboxylic acids is 2. The van der Waals surface area contributed by atoms with E-state index in [4.69, 9.17) is 0 Å². The van der Waals surface area contributed by atoms with E-state index in [0.29, 0.717) is 5.13 Å². The fourth-order valence-electron chi connectivity index (χ4n) is 1.41. The van der Waals surface area contributed by atoms with E-state index in [0.717, 1.165) is 15.9 Å². The molecule has 1 heterocycles. The zero-order chi connectivity index (χ0) is 12.4. The van der Waals surface area contributed by atoms with Crippen LogP contribution in [0.5, 0.6) is 0 Å². The number of amides is 2. The number of fused-ring (bicyclic) bond motifs is 1. The largest absolute Gasteiger partial charge is 0.326 e. The van der Waals surface area contributed by atoms with Crippen LogP contribution in [0, 0.1) is 0 Å². The van der Waals surface area contributed by atoms with Crippen molar-refractivity contribution in [3.8, 4) is 0 Å². The van der Waals surface area contributed by atoms with Gasteiger partial charge in [0, 0.05) is 19.5 Å². The molecule has 0 saturated heterocycles. The monoisotopic (exact) mass is 249 g/mol. The smallest absolute Gasteiger partial charge is 0.223 e. The topological polar surface area (TPSA) is 71.1 Å². The van der Waals surface area contributed by atoms with E-state index in [2.05, 4.69) is 15.6 Å². The maximum absolute atomic E-state index is 10.9. The third kappa shape index (κ3) is 2.79. The number of hydrogen-bond acceptors (Lipinski definition) is 4. The Morgan fingerprint density at radius 3 is 2.53 bits per heavy atom. The predicted molar refractivity (Wildman–Crippen MR) is 68.2 cm³/mol.